The van der Waals surface area contributed by atoms with E-state index >= 15 is 0 Å². The third kappa shape index (κ3) is 2.69. The van der Waals surface area contributed by atoms with Gasteiger partial charge < -0.3 is 4.90 Å². The van der Waals surface area contributed by atoms with Crippen LogP contribution in [0.15, 0.2) is 42.5 Å². The Hall–Kier alpha value is -1.83. The Bertz CT molecular complexity index is 614. The maximum atomic E-state index is 12.2. The molecule has 2 aromatic carbocycles. The zero-order valence-electron chi connectivity index (χ0n) is 12.0. The fourth-order valence-electron chi connectivity index (χ4n) is 2.99. The molecule has 2 aromatic rings. The first kappa shape index (κ1) is 13.2. The van der Waals surface area contributed by atoms with Crippen LogP contribution in [0.4, 0.5) is 0 Å². The summed E-state index contributed by atoms with van der Waals surface area (Å²) in [6, 6.07) is 14.9. The Balaban J connectivity index is 1.74. The van der Waals surface area contributed by atoms with Crippen LogP contribution in [0.2, 0.25) is 0 Å². The lowest BCUT2D eigenvalue weighted by atomic mass is 9.95. The van der Waals surface area contributed by atoms with E-state index in [0.29, 0.717) is 12.3 Å². The summed E-state index contributed by atoms with van der Waals surface area (Å²) >= 11 is 0. The van der Waals surface area contributed by atoms with Crippen LogP contribution < -0.4 is 0 Å². The smallest absolute Gasteiger partial charge is 0.223 e. The molecule has 3 rings (SSSR count). The van der Waals surface area contributed by atoms with E-state index < -0.39 is 0 Å². The molecule has 2 nitrogen and oxygen atoms in total. The summed E-state index contributed by atoms with van der Waals surface area (Å²) in [6.45, 7) is 4.05. The average Bonchev–Trinajstić information content (AvgIpc) is 3.01. The van der Waals surface area contributed by atoms with Crippen LogP contribution in [0.25, 0.3) is 10.8 Å². The molecular weight excluding hydrogens is 246 g/mol. The van der Waals surface area contributed by atoms with Gasteiger partial charge in [-0.1, -0.05) is 49.4 Å². The molecule has 1 unspecified atom stereocenters. The standard InChI is InChI=1S/C18H21NO/c1-14(12-18(20)19-10-4-5-11-19)16-9-8-15-6-2-3-7-17(15)13-16/h2-3,6-9,13-14H,4-5,10-12H2,1H3. The Morgan fingerprint density at radius 3 is 2.55 bits per heavy atom. The Morgan fingerprint density at radius 1 is 1.10 bits per heavy atom. The second-order valence-corrected chi connectivity index (χ2v) is 5.80. The minimum atomic E-state index is 0.285. The summed E-state index contributed by atoms with van der Waals surface area (Å²) in [7, 11) is 0. The molecule has 1 fully saturated rings. The Labute approximate surface area is 120 Å². The minimum Gasteiger partial charge on any atom is -0.343 e. The largest absolute Gasteiger partial charge is 0.343 e. The number of carbonyl (C=O) groups is 1. The molecule has 1 saturated heterocycles. The highest BCUT2D eigenvalue weighted by Gasteiger charge is 2.20. The van der Waals surface area contributed by atoms with Gasteiger partial charge in [0.25, 0.3) is 0 Å². The molecule has 0 aromatic heterocycles. The van der Waals surface area contributed by atoms with E-state index in [4.69, 9.17) is 0 Å². The molecule has 0 bridgehead atoms. The predicted octanol–water partition coefficient (Wildman–Crippen LogP) is 3.96. The van der Waals surface area contributed by atoms with Gasteiger partial charge in [-0.15, -0.1) is 0 Å². The normalized spacial score (nSPS) is 16.6. The lowest BCUT2D eigenvalue weighted by Crippen LogP contribution is -2.28. The van der Waals surface area contributed by atoms with Crippen LogP contribution in [-0.4, -0.2) is 23.9 Å². The van der Waals surface area contributed by atoms with Gasteiger partial charge in [0.2, 0.25) is 5.91 Å². The number of fused-ring (bicyclic) bond motifs is 1. The van der Waals surface area contributed by atoms with E-state index in [1.807, 2.05) is 4.90 Å². The topological polar surface area (TPSA) is 20.3 Å². The molecular formula is C18H21NO. The fourth-order valence-corrected chi connectivity index (χ4v) is 2.99. The zero-order valence-corrected chi connectivity index (χ0v) is 12.0. The highest BCUT2D eigenvalue weighted by Crippen LogP contribution is 2.25. The van der Waals surface area contributed by atoms with Crippen LogP contribution in [0, 0.1) is 0 Å². The Morgan fingerprint density at radius 2 is 1.80 bits per heavy atom. The van der Waals surface area contributed by atoms with Crippen molar-refractivity contribution in [3.63, 3.8) is 0 Å². The molecule has 1 aliphatic heterocycles. The SMILES string of the molecule is CC(CC(=O)N1CCCC1)c1ccc2ccccc2c1. The quantitative estimate of drug-likeness (QED) is 0.824. The highest BCUT2D eigenvalue weighted by atomic mass is 16.2. The molecule has 0 spiro atoms. The number of hydrogen-bond acceptors (Lipinski definition) is 1. The molecule has 1 atom stereocenters. The third-order valence-electron chi connectivity index (χ3n) is 4.28. The first-order valence-electron chi connectivity index (χ1n) is 7.50. The van der Waals surface area contributed by atoms with Crippen molar-refractivity contribution >= 4 is 16.7 Å². The first-order chi connectivity index (χ1) is 9.74. The van der Waals surface area contributed by atoms with Gasteiger partial charge in [-0.05, 0) is 35.1 Å². The van der Waals surface area contributed by atoms with Gasteiger partial charge >= 0.3 is 0 Å². The maximum absolute atomic E-state index is 12.2. The lowest BCUT2D eigenvalue weighted by Gasteiger charge is -2.19. The van der Waals surface area contributed by atoms with E-state index in [2.05, 4.69) is 49.4 Å². The van der Waals surface area contributed by atoms with Crippen LogP contribution >= 0.6 is 0 Å². The van der Waals surface area contributed by atoms with Crippen molar-refractivity contribution in [1.29, 1.82) is 0 Å². The van der Waals surface area contributed by atoms with Gasteiger partial charge in [0.05, 0.1) is 0 Å². The maximum Gasteiger partial charge on any atom is 0.223 e. The van der Waals surface area contributed by atoms with E-state index in [-0.39, 0.29) is 5.92 Å². The zero-order chi connectivity index (χ0) is 13.9. The van der Waals surface area contributed by atoms with Crippen LogP contribution in [0.1, 0.15) is 37.7 Å². The minimum absolute atomic E-state index is 0.285. The number of hydrogen-bond donors (Lipinski definition) is 0. The average molecular weight is 267 g/mol. The van der Waals surface area contributed by atoms with Crippen molar-refractivity contribution in [1.82, 2.24) is 4.90 Å². The van der Waals surface area contributed by atoms with Crippen LogP contribution in [0.5, 0.6) is 0 Å². The number of nitrogens with zero attached hydrogens (tertiary/aromatic N) is 1. The third-order valence-corrected chi connectivity index (χ3v) is 4.28. The van der Waals surface area contributed by atoms with Gasteiger partial charge in [0.15, 0.2) is 0 Å². The van der Waals surface area contributed by atoms with Crippen LogP contribution in [-0.2, 0) is 4.79 Å². The molecule has 1 aliphatic rings. The molecule has 1 heterocycles. The molecule has 0 aliphatic carbocycles. The van der Waals surface area contributed by atoms with Crippen molar-refractivity contribution < 1.29 is 4.79 Å². The number of benzene rings is 2. The first-order valence-corrected chi connectivity index (χ1v) is 7.50. The highest BCUT2D eigenvalue weighted by molar-refractivity contribution is 5.83. The van der Waals surface area contributed by atoms with Gasteiger partial charge in [-0.25, -0.2) is 0 Å². The summed E-state index contributed by atoms with van der Waals surface area (Å²) < 4.78 is 0. The van der Waals surface area contributed by atoms with E-state index in [1.54, 1.807) is 0 Å². The van der Waals surface area contributed by atoms with Crippen molar-refractivity contribution in [3.05, 3.63) is 48.0 Å². The molecule has 0 saturated carbocycles. The van der Waals surface area contributed by atoms with E-state index in [0.717, 1.165) is 25.9 Å². The van der Waals surface area contributed by atoms with Gasteiger partial charge in [0, 0.05) is 19.5 Å². The molecule has 2 heteroatoms. The second-order valence-electron chi connectivity index (χ2n) is 5.80. The molecule has 0 radical (unpaired) electrons. The molecule has 104 valence electrons. The summed E-state index contributed by atoms with van der Waals surface area (Å²) in [4.78, 5) is 14.2. The summed E-state index contributed by atoms with van der Waals surface area (Å²) in [5, 5.41) is 2.51. The molecule has 1 amide bonds. The van der Waals surface area contributed by atoms with Crippen LogP contribution in [0.3, 0.4) is 0 Å². The summed E-state index contributed by atoms with van der Waals surface area (Å²) in [5.74, 6) is 0.593. The van der Waals surface area contributed by atoms with Gasteiger partial charge in [-0.2, -0.15) is 0 Å². The Kier molecular flexibility index (Phi) is 3.72. The summed E-state index contributed by atoms with van der Waals surface area (Å²) in [5.41, 5.74) is 1.26. The van der Waals surface area contributed by atoms with Crippen molar-refractivity contribution in [3.8, 4) is 0 Å². The number of carbonyl (C=O) groups excluding carboxylic acids is 1. The van der Waals surface area contributed by atoms with Gasteiger partial charge in [-0.3, -0.25) is 4.79 Å². The van der Waals surface area contributed by atoms with Crippen molar-refractivity contribution in [2.24, 2.45) is 0 Å². The predicted molar refractivity (Wildman–Crippen MR) is 82.8 cm³/mol. The molecule has 0 N–H and O–H groups in total. The molecule has 20 heavy (non-hydrogen) atoms. The fraction of sp³-hybridized carbons (Fsp3) is 0.389. The number of rotatable bonds is 3. The van der Waals surface area contributed by atoms with E-state index in [1.165, 1.54) is 16.3 Å². The summed E-state index contributed by atoms with van der Waals surface area (Å²) in [6.07, 6.45) is 2.95. The van der Waals surface area contributed by atoms with Crippen molar-refractivity contribution in [2.75, 3.05) is 13.1 Å². The van der Waals surface area contributed by atoms with E-state index in [9.17, 15) is 4.79 Å². The lowest BCUT2D eigenvalue weighted by molar-refractivity contribution is -0.130. The van der Waals surface area contributed by atoms with Gasteiger partial charge in [0.1, 0.15) is 0 Å². The van der Waals surface area contributed by atoms with Crippen molar-refractivity contribution in [2.45, 2.75) is 32.1 Å². The number of likely N-dealkylation sites (tertiary alicyclic amines) is 1. The monoisotopic (exact) mass is 267 g/mol. The second kappa shape index (κ2) is 5.66. The number of amides is 1.